The summed E-state index contributed by atoms with van der Waals surface area (Å²) < 4.78 is 30.8. The third-order valence-electron chi connectivity index (χ3n) is 4.00. The van der Waals surface area contributed by atoms with E-state index in [0.29, 0.717) is 12.2 Å². The lowest BCUT2D eigenvalue weighted by atomic mass is 10.3. The molecular formula is C16H16BrClF2N6O. The predicted molar refractivity (Wildman–Crippen MR) is 98.9 cm³/mol. The second kappa shape index (κ2) is 7.16. The van der Waals surface area contributed by atoms with Crippen molar-refractivity contribution >= 4 is 39.1 Å². The van der Waals surface area contributed by atoms with E-state index in [1.807, 2.05) is 6.92 Å². The molecule has 144 valence electrons. The highest BCUT2D eigenvalue weighted by atomic mass is 79.9. The van der Waals surface area contributed by atoms with Crippen LogP contribution in [0.25, 0.3) is 5.65 Å². The minimum Gasteiger partial charge on any atom is -0.334 e. The summed E-state index contributed by atoms with van der Waals surface area (Å²) in [6.45, 7) is 4.42. The molecule has 0 radical (unpaired) electrons. The van der Waals surface area contributed by atoms with E-state index in [1.54, 1.807) is 24.9 Å². The number of halogens is 4. The van der Waals surface area contributed by atoms with Crippen LogP contribution in [-0.4, -0.2) is 42.2 Å². The molecule has 7 nitrogen and oxygen atoms in total. The highest BCUT2D eigenvalue weighted by Gasteiger charge is 2.33. The van der Waals surface area contributed by atoms with Gasteiger partial charge in [-0.1, -0.05) is 0 Å². The zero-order chi connectivity index (χ0) is 19.9. The summed E-state index contributed by atoms with van der Waals surface area (Å²) in [5, 5.41) is 4.57. The molecule has 3 aromatic heterocycles. The molecule has 3 rings (SSSR count). The molecule has 3 heterocycles. The fourth-order valence-electron chi connectivity index (χ4n) is 2.72. The van der Waals surface area contributed by atoms with Crippen molar-refractivity contribution in [3.63, 3.8) is 0 Å². The monoisotopic (exact) mass is 460 g/mol. The summed E-state index contributed by atoms with van der Waals surface area (Å²) in [6.07, 6.45) is 1.66. The highest BCUT2D eigenvalue weighted by Crippen LogP contribution is 2.32. The van der Waals surface area contributed by atoms with Crippen LogP contribution in [0.15, 0.2) is 22.8 Å². The van der Waals surface area contributed by atoms with Crippen molar-refractivity contribution in [1.82, 2.24) is 29.3 Å². The quantitative estimate of drug-likeness (QED) is 0.545. The van der Waals surface area contributed by atoms with E-state index < -0.39 is 17.0 Å². The fourth-order valence-corrected chi connectivity index (χ4v) is 3.27. The van der Waals surface area contributed by atoms with E-state index in [0.717, 1.165) is 20.7 Å². The molecule has 0 unspecified atom stereocenters. The van der Waals surface area contributed by atoms with Gasteiger partial charge in [0.1, 0.15) is 5.69 Å². The van der Waals surface area contributed by atoms with E-state index in [1.165, 1.54) is 11.0 Å². The Kier molecular flexibility index (Phi) is 5.22. The van der Waals surface area contributed by atoms with Gasteiger partial charge in [0.15, 0.2) is 11.3 Å². The minimum absolute atomic E-state index is 0.00328. The zero-order valence-corrected chi connectivity index (χ0v) is 17.1. The van der Waals surface area contributed by atoms with Crippen LogP contribution in [0.5, 0.6) is 0 Å². The number of amides is 1. The molecule has 0 aliphatic heterocycles. The molecular weight excluding hydrogens is 446 g/mol. The molecule has 0 aliphatic carbocycles. The Hall–Kier alpha value is -2.07. The lowest BCUT2D eigenvalue weighted by Gasteiger charge is -2.17. The molecule has 0 bridgehead atoms. The Morgan fingerprint density at radius 1 is 1.41 bits per heavy atom. The van der Waals surface area contributed by atoms with E-state index in [9.17, 15) is 13.6 Å². The van der Waals surface area contributed by atoms with Crippen molar-refractivity contribution in [1.29, 1.82) is 0 Å². The Balaban J connectivity index is 1.95. The molecule has 27 heavy (non-hydrogen) atoms. The average molecular weight is 462 g/mol. The van der Waals surface area contributed by atoms with Crippen LogP contribution in [0, 0.1) is 6.92 Å². The van der Waals surface area contributed by atoms with Gasteiger partial charge in [-0.15, -0.1) is 0 Å². The maximum atomic E-state index is 13.7. The van der Waals surface area contributed by atoms with Gasteiger partial charge in [-0.05, 0) is 47.4 Å². The Labute approximate surface area is 167 Å². The van der Waals surface area contributed by atoms with Crippen LogP contribution < -0.4 is 0 Å². The summed E-state index contributed by atoms with van der Waals surface area (Å²) >= 11 is 8.58. The molecule has 11 heteroatoms. The number of nitrogens with zero attached hydrogens (tertiary/aromatic N) is 6. The van der Waals surface area contributed by atoms with E-state index >= 15 is 0 Å². The molecule has 0 aliphatic rings. The molecule has 0 N–H and O–H groups in total. The van der Waals surface area contributed by atoms with Gasteiger partial charge in [-0.25, -0.2) is 9.50 Å². The smallest absolute Gasteiger partial charge is 0.334 e. The molecule has 0 atom stereocenters. The van der Waals surface area contributed by atoms with Crippen molar-refractivity contribution in [2.75, 3.05) is 7.05 Å². The maximum absolute atomic E-state index is 13.7. The van der Waals surface area contributed by atoms with E-state index in [4.69, 9.17) is 11.6 Å². The summed E-state index contributed by atoms with van der Waals surface area (Å²) in [5.74, 6) is -0.433. The standard InChI is InChI=1S/C16H16BrClF2N6O/c1-4-25-12(10(17)7-21-25)8-24(3)15(27)11-6-14-22-9(2)5-13(16(18,19)20)26(14)23-11/h5-7H,4,8H2,1-3H3. The summed E-state index contributed by atoms with van der Waals surface area (Å²) in [5.41, 5.74) is 0.749. The first-order valence-electron chi connectivity index (χ1n) is 8.02. The molecule has 0 fully saturated rings. The number of hydrogen-bond acceptors (Lipinski definition) is 4. The van der Waals surface area contributed by atoms with Crippen LogP contribution >= 0.6 is 27.5 Å². The van der Waals surface area contributed by atoms with Crippen LogP contribution in [0.4, 0.5) is 8.78 Å². The van der Waals surface area contributed by atoms with Gasteiger partial charge in [0.2, 0.25) is 0 Å². The average Bonchev–Trinajstić information content (AvgIpc) is 3.16. The van der Waals surface area contributed by atoms with Gasteiger partial charge < -0.3 is 4.90 Å². The van der Waals surface area contributed by atoms with Crippen molar-refractivity contribution in [3.8, 4) is 0 Å². The lowest BCUT2D eigenvalue weighted by molar-refractivity contribution is 0.0769. The minimum atomic E-state index is -3.64. The van der Waals surface area contributed by atoms with Crippen molar-refractivity contribution < 1.29 is 13.6 Å². The largest absolute Gasteiger partial charge is 0.364 e. The first kappa shape index (κ1) is 19.7. The second-order valence-electron chi connectivity index (χ2n) is 6.00. The van der Waals surface area contributed by atoms with Crippen molar-refractivity contribution in [2.45, 2.75) is 32.3 Å². The number of fused-ring (bicyclic) bond motifs is 1. The normalized spacial score (nSPS) is 12.0. The first-order chi connectivity index (χ1) is 12.6. The molecule has 0 saturated carbocycles. The first-order valence-corrected chi connectivity index (χ1v) is 9.19. The molecule has 1 amide bonds. The van der Waals surface area contributed by atoms with E-state index in [2.05, 4.69) is 31.1 Å². The Morgan fingerprint density at radius 3 is 2.74 bits per heavy atom. The zero-order valence-electron chi connectivity index (χ0n) is 14.7. The van der Waals surface area contributed by atoms with Crippen molar-refractivity contribution in [2.24, 2.45) is 0 Å². The van der Waals surface area contributed by atoms with Gasteiger partial charge in [0.05, 0.1) is 22.9 Å². The Bertz CT molecular complexity index is 1010. The van der Waals surface area contributed by atoms with Crippen LogP contribution in [-0.2, 0) is 18.5 Å². The highest BCUT2D eigenvalue weighted by molar-refractivity contribution is 9.10. The number of carbonyl (C=O) groups excluding carboxylic acids is 1. The van der Waals surface area contributed by atoms with Crippen LogP contribution in [0.1, 0.15) is 34.5 Å². The maximum Gasteiger partial charge on any atom is 0.364 e. The van der Waals surface area contributed by atoms with Crippen molar-refractivity contribution in [3.05, 3.63) is 45.6 Å². The molecule has 0 spiro atoms. The van der Waals surface area contributed by atoms with Gasteiger partial charge in [-0.3, -0.25) is 9.48 Å². The number of aromatic nitrogens is 5. The topological polar surface area (TPSA) is 68.3 Å². The van der Waals surface area contributed by atoms with Gasteiger partial charge in [0, 0.05) is 25.4 Å². The van der Waals surface area contributed by atoms with Gasteiger partial charge >= 0.3 is 5.38 Å². The molecule has 0 aromatic carbocycles. The lowest BCUT2D eigenvalue weighted by Crippen LogP contribution is -2.28. The predicted octanol–water partition coefficient (Wildman–Crippen LogP) is 3.58. The number of rotatable bonds is 5. The second-order valence-corrected chi connectivity index (χ2v) is 7.33. The fraction of sp³-hybridized carbons (Fsp3) is 0.375. The third-order valence-corrected chi connectivity index (χ3v) is 4.85. The number of alkyl halides is 3. The third kappa shape index (κ3) is 3.81. The van der Waals surface area contributed by atoms with Gasteiger partial charge in [-0.2, -0.15) is 19.0 Å². The number of hydrogen-bond donors (Lipinski definition) is 0. The Morgan fingerprint density at radius 2 is 2.11 bits per heavy atom. The van der Waals surface area contributed by atoms with Crippen LogP contribution in [0.3, 0.4) is 0 Å². The summed E-state index contributed by atoms with van der Waals surface area (Å²) in [4.78, 5) is 18.3. The SMILES string of the molecule is CCn1ncc(Br)c1CN(C)C(=O)c1cc2nc(C)cc(C(F)(F)Cl)n2n1. The van der Waals surface area contributed by atoms with Gasteiger partial charge in [0.25, 0.3) is 5.91 Å². The van der Waals surface area contributed by atoms with Crippen LogP contribution in [0.2, 0.25) is 0 Å². The summed E-state index contributed by atoms with van der Waals surface area (Å²) in [6, 6.07) is 2.51. The van der Waals surface area contributed by atoms with E-state index in [-0.39, 0.29) is 17.9 Å². The molecule has 0 saturated heterocycles. The summed E-state index contributed by atoms with van der Waals surface area (Å²) in [7, 11) is 1.60. The number of carbonyl (C=O) groups is 1. The molecule has 3 aromatic rings. The number of aryl methyl sites for hydroxylation is 2.